The lowest BCUT2D eigenvalue weighted by atomic mass is 10.1. The molecule has 100 valence electrons. The van der Waals surface area contributed by atoms with Gasteiger partial charge in [-0.05, 0) is 30.5 Å². The zero-order valence-electron chi connectivity index (χ0n) is 10.1. The summed E-state index contributed by atoms with van der Waals surface area (Å²) in [7, 11) is 0. The van der Waals surface area contributed by atoms with Gasteiger partial charge in [-0.25, -0.2) is 8.78 Å². The molecule has 1 atom stereocenters. The summed E-state index contributed by atoms with van der Waals surface area (Å²) in [6.07, 6.45) is 0. The van der Waals surface area contributed by atoms with Gasteiger partial charge in [-0.2, -0.15) is 0 Å². The molecule has 0 saturated heterocycles. The normalized spacial score (nSPS) is 12.2. The average molecular weight is 298 g/mol. The number of halogens is 2. The van der Waals surface area contributed by atoms with Gasteiger partial charge >= 0.3 is 0 Å². The maximum absolute atomic E-state index is 13.9. The molecule has 6 heteroatoms. The fourth-order valence-corrected chi connectivity index (χ4v) is 2.59. The second kappa shape index (κ2) is 5.63. The second-order valence-corrected chi connectivity index (χ2v) is 5.45. The molecule has 0 amide bonds. The van der Waals surface area contributed by atoms with Crippen LogP contribution < -0.4 is 11.1 Å². The van der Waals surface area contributed by atoms with Crippen molar-refractivity contribution in [3.8, 4) is 0 Å². The molecule has 1 unspecified atom stereocenters. The first-order valence-corrected chi connectivity index (χ1v) is 6.87. The summed E-state index contributed by atoms with van der Waals surface area (Å²) in [5.41, 5.74) is 5.33. The summed E-state index contributed by atoms with van der Waals surface area (Å²) in [6, 6.07) is 6.55. The number of benzene rings is 1. The minimum Gasteiger partial charge on any atom is -0.389 e. The Morgan fingerprint density at radius 2 is 2.05 bits per heavy atom. The molecule has 0 bridgehead atoms. The van der Waals surface area contributed by atoms with E-state index in [0.717, 1.165) is 4.88 Å². The van der Waals surface area contributed by atoms with E-state index < -0.39 is 11.6 Å². The van der Waals surface area contributed by atoms with Crippen LogP contribution in [0.1, 0.15) is 23.4 Å². The van der Waals surface area contributed by atoms with Gasteiger partial charge in [-0.15, -0.1) is 11.3 Å². The predicted octanol–water partition coefficient (Wildman–Crippen LogP) is 3.83. The summed E-state index contributed by atoms with van der Waals surface area (Å²) >= 11 is 6.21. The van der Waals surface area contributed by atoms with Crippen LogP contribution in [0, 0.1) is 11.6 Å². The molecule has 0 aliphatic rings. The molecular formula is C13H12F2N2S2. The number of thiocarbonyl (C=S) groups is 1. The van der Waals surface area contributed by atoms with Crippen molar-refractivity contribution >= 4 is 34.2 Å². The van der Waals surface area contributed by atoms with Gasteiger partial charge in [0.1, 0.15) is 4.99 Å². The maximum atomic E-state index is 13.9. The molecular weight excluding hydrogens is 286 g/mol. The van der Waals surface area contributed by atoms with Crippen molar-refractivity contribution in [1.29, 1.82) is 0 Å². The van der Waals surface area contributed by atoms with E-state index in [0.29, 0.717) is 0 Å². The van der Waals surface area contributed by atoms with Crippen LogP contribution in [-0.4, -0.2) is 4.99 Å². The van der Waals surface area contributed by atoms with E-state index >= 15 is 0 Å². The number of rotatable bonds is 4. The standard InChI is InChI=1S/C13H12F2N2S2/c1-7(10-3-2-6-19-10)17-9-5-4-8(13(16)18)11(14)12(9)15/h2-7,17H,1H3,(H2,16,18). The van der Waals surface area contributed by atoms with E-state index in [4.69, 9.17) is 5.73 Å². The van der Waals surface area contributed by atoms with Crippen LogP contribution in [0.3, 0.4) is 0 Å². The number of thiophene rings is 1. The lowest BCUT2D eigenvalue weighted by molar-refractivity contribution is 0.508. The Labute approximate surface area is 119 Å². The smallest absolute Gasteiger partial charge is 0.182 e. The Bertz CT molecular complexity index is 597. The van der Waals surface area contributed by atoms with Crippen molar-refractivity contribution in [2.45, 2.75) is 13.0 Å². The van der Waals surface area contributed by atoms with Crippen molar-refractivity contribution in [3.05, 3.63) is 51.7 Å². The van der Waals surface area contributed by atoms with Gasteiger partial charge in [-0.1, -0.05) is 18.3 Å². The number of anilines is 1. The van der Waals surface area contributed by atoms with Crippen molar-refractivity contribution in [2.75, 3.05) is 5.32 Å². The van der Waals surface area contributed by atoms with Crippen LogP contribution in [0.25, 0.3) is 0 Å². The van der Waals surface area contributed by atoms with Gasteiger partial charge in [0.2, 0.25) is 0 Å². The first-order valence-electron chi connectivity index (χ1n) is 5.58. The molecule has 0 aliphatic heterocycles. The molecule has 0 spiro atoms. The van der Waals surface area contributed by atoms with Crippen LogP contribution in [0.5, 0.6) is 0 Å². The molecule has 0 saturated carbocycles. The van der Waals surface area contributed by atoms with E-state index in [2.05, 4.69) is 17.5 Å². The molecule has 0 radical (unpaired) electrons. The highest BCUT2D eigenvalue weighted by atomic mass is 32.1. The maximum Gasteiger partial charge on any atom is 0.182 e. The molecule has 0 fully saturated rings. The quantitative estimate of drug-likeness (QED) is 0.842. The molecule has 2 rings (SSSR count). The summed E-state index contributed by atoms with van der Waals surface area (Å²) in [5.74, 6) is -1.98. The zero-order chi connectivity index (χ0) is 14.0. The van der Waals surface area contributed by atoms with E-state index in [-0.39, 0.29) is 22.3 Å². The summed E-state index contributed by atoms with van der Waals surface area (Å²) in [4.78, 5) is 0.882. The van der Waals surface area contributed by atoms with E-state index in [1.54, 1.807) is 11.3 Å². The highest BCUT2D eigenvalue weighted by Crippen LogP contribution is 2.27. The fourth-order valence-electron chi connectivity index (χ4n) is 1.69. The number of nitrogens with two attached hydrogens (primary N) is 1. The molecule has 2 nitrogen and oxygen atoms in total. The third-order valence-electron chi connectivity index (χ3n) is 2.69. The SMILES string of the molecule is CC(Nc1ccc(C(N)=S)c(F)c1F)c1cccs1. The number of hydrogen-bond acceptors (Lipinski definition) is 3. The van der Waals surface area contributed by atoms with Crippen molar-refractivity contribution < 1.29 is 8.78 Å². The van der Waals surface area contributed by atoms with E-state index in [1.165, 1.54) is 12.1 Å². The van der Waals surface area contributed by atoms with Crippen LogP contribution >= 0.6 is 23.6 Å². The molecule has 19 heavy (non-hydrogen) atoms. The highest BCUT2D eigenvalue weighted by Gasteiger charge is 2.16. The van der Waals surface area contributed by atoms with Crippen LogP contribution in [-0.2, 0) is 0 Å². The Morgan fingerprint density at radius 3 is 2.63 bits per heavy atom. The van der Waals surface area contributed by atoms with Gasteiger partial charge in [0.05, 0.1) is 11.7 Å². The van der Waals surface area contributed by atoms with Crippen molar-refractivity contribution in [3.63, 3.8) is 0 Å². The summed E-state index contributed by atoms with van der Waals surface area (Å²) in [5, 5.41) is 4.86. The number of nitrogens with one attached hydrogen (secondary N) is 1. The van der Waals surface area contributed by atoms with Gasteiger partial charge in [0, 0.05) is 10.4 Å². The topological polar surface area (TPSA) is 38.0 Å². The monoisotopic (exact) mass is 298 g/mol. The molecule has 1 aromatic heterocycles. The molecule has 1 aromatic carbocycles. The summed E-state index contributed by atoms with van der Waals surface area (Å²) in [6.45, 7) is 1.88. The molecule has 1 heterocycles. The zero-order valence-corrected chi connectivity index (χ0v) is 11.7. The van der Waals surface area contributed by atoms with E-state index in [1.807, 2.05) is 24.4 Å². The Hall–Kier alpha value is -1.53. The van der Waals surface area contributed by atoms with Crippen molar-refractivity contribution in [1.82, 2.24) is 0 Å². The lowest BCUT2D eigenvalue weighted by Gasteiger charge is -2.15. The molecule has 2 aromatic rings. The fraction of sp³-hybridized carbons (Fsp3) is 0.154. The van der Waals surface area contributed by atoms with Crippen molar-refractivity contribution in [2.24, 2.45) is 5.73 Å². The van der Waals surface area contributed by atoms with Gasteiger partial charge in [-0.3, -0.25) is 0 Å². The van der Waals surface area contributed by atoms with Crippen LogP contribution in [0.2, 0.25) is 0 Å². The minimum atomic E-state index is -1.02. The Morgan fingerprint density at radius 1 is 1.32 bits per heavy atom. The minimum absolute atomic E-state index is 0.0816. The van der Waals surface area contributed by atoms with E-state index in [9.17, 15) is 8.78 Å². The van der Waals surface area contributed by atoms with Gasteiger partial charge in [0.25, 0.3) is 0 Å². The van der Waals surface area contributed by atoms with Crippen LogP contribution in [0.15, 0.2) is 29.6 Å². The third kappa shape index (κ3) is 2.90. The van der Waals surface area contributed by atoms with Gasteiger partial charge in [0.15, 0.2) is 11.6 Å². The highest BCUT2D eigenvalue weighted by molar-refractivity contribution is 7.80. The first-order chi connectivity index (χ1) is 9.00. The second-order valence-electron chi connectivity index (χ2n) is 4.03. The Balaban J connectivity index is 2.27. The average Bonchev–Trinajstić information content (AvgIpc) is 2.88. The largest absolute Gasteiger partial charge is 0.389 e. The predicted molar refractivity (Wildman–Crippen MR) is 78.6 cm³/mol. The van der Waals surface area contributed by atoms with Gasteiger partial charge < -0.3 is 11.1 Å². The molecule has 3 N–H and O–H groups in total. The Kier molecular flexibility index (Phi) is 4.11. The summed E-state index contributed by atoms with van der Waals surface area (Å²) < 4.78 is 27.6. The number of hydrogen-bond donors (Lipinski definition) is 2. The lowest BCUT2D eigenvalue weighted by Crippen LogP contribution is -2.14. The third-order valence-corrected chi connectivity index (χ3v) is 3.96. The van der Waals surface area contributed by atoms with Crippen LogP contribution in [0.4, 0.5) is 14.5 Å². The first kappa shape index (κ1) is 13.9. The molecule has 0 aliphatic carbocycles.